The Morgan fingerprint density at radius 1 is 1.12 bits per heavy atom. The van der Waals surface area contributed by atoms with Crippen molar-refractivity contribution in [2.75, 3.05) is 18.1 Å². The lowest BCUT2D eigenvalue weighted by atomic mass is 10.0. The first-order chi connectivity index (χ1) is 16.2. The summed E-state index contributed by atoms with van der Waals surface area (Å²) in [5, 5.41) is 2.79. The molecule has 1 heterocycles. The first-order valence-corrected chi connectivity index (χ1v) is 14.0. The zero-order valence-corrected chi connectivity index (χ0v) is 21.4. The van der Waals surface area contributed by atoms with Crippen LogP contribution in [-0.4, -0.2) is 60.8 Å². The van der Waals surface area contributed by atoms with Gasteiger partial charge in [-0.3, -0.25) is 4.79 Å². The number of rotatable bonds is 9. The molecular formula is C25H32N2O5S2. The van der Waals surface area contributed by atoms with E-state index in [-0.39, 0.29) is 17.5 Å². The molecule has 184 valence electrons. The van der Waals surface area contributed by atoms with Crippen LogP contribution >= 0.6 is 11.8 Å². The smallest absolute Gasteiger partial charge is 0.328 e. The molecule has 1 amide bonds. The first-order valence-electron chi connectivity index (χ1n) is 11.4. The Morgan fingerprint density at radius 3 is 2.44 bits per heavy atom. The predicted molar refractivity (Wildman–Crippen MR) is 134 cm³/mol. The summed E-state index contributed by atoms with van der Waals surface area (Å²) in [4.78, 5) is 26.2. The number of nitrogens with zero attached hydrogens (tertiary/aromatic N) is 1. The van der Waals surface area contributed by atoms with Crippen LogP contribution in [0.25, 0.3) is 0 Å². The molecule has 7 nitrogen and oxygen atoms in total. The Hall–Kier alpha value is -2.36. The summed E-state index contributed by atoms with van der Waals surface area (Å²) in [6.07, 6.45) is 0.600. The molecule has 0 spiro atoms. The fourth-order valence-corrected chi connectivity index (χ4v) is 6.56. The number of aryl methyl sites for hydroxylation is 2. The molecule has 0 saturated carbocycles. The van der Waals surface area contributed by atoms with Crippen molar-refractivity contribution >= 4 is 33.7 Å². The fraction of sp³-hybridized carbons (Fsp3) is 0.440. The normalized spacial score (nSPS) is 17.8. The Balaban J connectivity index is 1.78. The van der Waals surface area contributed by atoms with Gasteiger partial charge >= 0.3 is 5.97 Å². The van der Waals surface area contributed by atoms with Gasteiger partial charge in [-0.15, -0.1) is 0 Å². The van der Waals surface area contributed by atoms with E-state index in [2.05, 4.69) is 5.32 Å². The Labute approximate surface area is 206 Å². The summed E-state index contributed by atoms with van der Waals surface area (Å²) < 4.78 is 33.3. The molecule has 34 heavy (non-hydrogen) atoms. The number of carbonyl (C=O) groups is 2. The Morgan fingerprint density at radius 2 is 1.79 bits per heavy atom. The lowest BCUT2D eigenvalue weighted by molar-refractivity contribution is -0.152. The van der Waals surface area contributed by atoms with Crippen molar-refractivity contribution in [1.29, 1.82) is 0 Å². The van der Waals surface area contributed by atoms with Crippen molar-refractivity contribution in [3.63, 3.8) is 0 Å². The van der Waals surface area contributed by atoms with E-state index < -0.39 is 34.0 Å². The highest BCUT2D eigenvalue weighted by Crippen LogP contribution is 2.25. The molecule has 0 aliphatic carbocycles. The molecule has 1 N–H and O–H groups in total. The molecule has 2 aromatic rings. The number of nitrogens with one attached hydrogen (secondary N) is 1. The van der Waals surface area contributed by atoms with Gasteiger partial charge in [0.2, 0.25) is 15.9 Å². The minimum absolute atomic E-state index is 0.155. The van der Waals surface area contributed by atoms with Crippen LogP contribution in [0.3, 0.4) is 0 Å². The van der Waals surface area contributed by atoms with E-state index in [1.54, 1.807) is 38.1 Å². The van der Waals surface area contributed by atoms with E-state index >= 15 is 0 Å². The standard InChI is InChI=1S/C25H32N2O5S2/c1-18(2)32-25(29)22(14-11-20-7-5-4-6-8-20)26-24(28)23-17-33-16-15-27(23)34(30,31)21-12-9-19(3)10-13-21/h4-10,12-13,18,22-23H,11,14-17H2,1-3H3,(H,26,28)/t22-,23+/m1/s1. The molecule has 1 fully saturated rings. The third kappa shape index (κ3) is 6.84. The van der Waals surface area contributed by atoms with Gasteiger partial charge in [0, 0.05) is 18.1 Å². The largest absolute Gasteiger partial charge is 0.461 e. The predicted octanol–water partition coefficient (Wildman–Crippen LogP) is 3.17. The summed E-state index contributed by atoms with van der Waals surface area (Å²) in [7, 11) is -3.86. The molecule has 2 aromatic carbocycles. The van der Waals surface area contributed by atoms with E-state index in [1.165, 1.54) is 16.1 Å². The second kappa shape index (κ2) is 11.9. The van der Waals surface area contributed by atoms with Crippen LogP contribution in [0, 0.1) is 6.92 Å². The van der Waals surface area contributed by atoms with Crippen LogP contribution in [0.1, 0.15) is 31.4 Å². The molecule has 3 rings (SSSR count). The van der Waals surface area contributed by atoms with E-state index in [0.29, 0.717) is 24.3 Å². The van der Waals surface area contributed by atoms with Gasteiger partial charge in [0.15, 0.2) is 0 Å². The summed E-state index contributed by atoms with van der Waals surface area (Å²) in [6, 6.07) is 14.5. The van der Waals surface area contributed by atoms with Crippen LogP contribution in [0.2, 0.25) is 0 Å². The van der Waals surface area contributed by atoms with E-state index in [1.807, 2.05) is 37.3 Å². The molecule has 0 radical (unpaired) electrons. The zero-order valence-electron chi connectivity index (χ0n) is 19.8. The summed E-state index contributed by atoms with van der Waals surface area (Å²) in [6.45, 7) is 5.61. The van der Waals surface area contributed by atoms with Crippen molar-refractivity contribution in [3.8, 4) is 0 Å². The number of benzene rings is 2. The van der Waals surface area contributed by atoms with Gasteiger partial charge in [0.05, 0.1) is 11.0 Å². The summed E-state index contributed by atoms with van der Waals surface area (Å²) in [5.74, 6) is -0.0826. The van der Waals surface area contributed by atoms with Gasteiger partial charge in [0.25, 0.3) is 0 Å². The molecule has 9 heteroatoms. The van der Waals surface area contributed by atoms with Gasteiger partial charge in [-0.05, 0) is 51.3 Å². The molecule has 0 bridgehead atoms. The lowest BCUT2D eigenvalue weighted by Gasteiger charge is -2.34. The first kappa shape index (κ1) is 26.2. The highest BCUT2D eigenvalue weighted by molar-refractivity contribution is 7.99. The van der Waals surface area contributed by atoms with Crippen LogP contribution in [0.4, 0.5) is 0 Å². The Bertz CT molecular complexity index is 1070. The minimum atomic E-state index is -3.86. The highest BCUT2D eigenvalue weighted by Gasteiger charge is 2.39. The quantitative estimate of drug-likeness (QED) is 0.528. The molecule has 1 aliphatic heterocycles. The number of carbonyl (C=O) groups excluding carboxylic acids is 2. The highest BCUT2D eigenvalue weighted by atomic mass is 32.2. The lowest BCUT2D eigenvalue weighted by Crippen LogP contribution is -2.56. The second-order valence-electron chi connectivity index (χ2n) is 8.59. The molecule has 2 atom stereocenters. The van der Waals surface area contributed by atoms with E-state index in [4.69, 9.17) is 4.74 Å². The molecular weight excluding hydrogens is 472 g/mol. The Kier molecular flexibility index (Phi) is 9.16. The molecule has 0 aromatic heterocycles. The van der Waals surface area contributed by atoms with Gasteiger partial charge in [0.1, 0.15) is 12.1 Å². The average Bonchev–Trinajstić information content (AvgIpc) is 2.82. The second-order valence-corrected chi connectivity index (χ2v) is 11.6. The van der Waals surface area contributed by atoms with Crippen molar-refractivity contribution in [2.24, 2.45) is 0 Å². The van der Waals surface area contributed by atoms with Crippen LogP contribution in [0.5, 0.6) is 0 Å². The van der Waals surface area contributed by atoms with Crippen molar-refractivity contribution in [2.45, 2.75) is 56.7 Å². The zero-order chi connectivity index (χ0) is 24.7. The third-order valence-electron chi connectivity index (χ3n) is 5.53. The number of ether oxygens (including phenoxy) is 1. The number of hydrogen-bond acceptors (Lipinski definition) is 6. The van der Waals surface area contributed by atoms with Gasteiger partial charge < -0.3 is 10.1 Å². The van der Waals surface area contributed by atoms with Crippen LogP contribution < -0.4 is 5.32 Å². The number of thioether (sulfide) groups is 1. The topological polar surface area (TPSA) is 92.8 Å². The van der Waals surface area contributed by atoms with Gasteiger partial charge in [-0.25, -0.2) is 13.2 Å². The van der Waals surface area contributed by atoms with Gasteiger partial charge in [-0.2, -0.15) is 16.1 Å². The number of hydrogen-bond donors (Lipinski definition) is 1. The SMILES string of the molecule is Cc1ccc(S(=O)(=O)N2CCSC[C@H]2C(=O)N[C@H](CCc2ccccc2)C(=O)OC(C)C)cc1. The average molecular weight is 505 g/mol. The van der Waals surface area contributed by atoms with Crippen LogP contribution in [0.15, 0.2) is 59.5 Å². The number of esters is 1. The maximum Gasteiger partial charge on any atom is 0.328 e. The van der Waals surface area contributed by atoms with E-state index in [9.17, 15) is 18.0 Å². The van der Waals surface area contributed by atoms with Crippen molar-refractivity contribution in [3.05, 3.63) is 65.7 Å². The monoisotopic (exact) mass is 504 g/mol. The maximum absolute atomic E-state index is 13.3. The number of sulfonamides is 1. The summed E-state index contributed by atoms with van der Waals surface area (Å²) in [5.41, 5.74) is 1.99. The van der Waals surface area contributed by atoms with Gasteiger partial charge in [-0.1, -0.05) is 48.0 Å². The molecule has 1 saturated heterocycles. The van der Waals surface area contributed by atoms with Crippen LogP contribution in [-0.2, 0) is 30.8 Å². The molecule has 0 unspecified atom stereocenters. The summed E-state index contributed by atoms with van der Waals surface area (Å²) >= 11 is 1.52. The fourth-order valence-electron chi connectivity index (χ4n) is 3.72. The minimum Gasteiger partial charge on any atom is -0.461 e. The molecule has 1 aliphatic rings. The van der Waals surface area contributed by atoms with E-state index in [0.717, 1.165) is 11.1 Å². The number of amides is 1. The maximum atomic E-state index is 13.3. The van der Waals surface area contributed by atoms with Crippen molar-refractivity contribution < 1.29 is 22.7 Å². The van der Waals surface area contributed by atoms with Crippen molar-refractivity contribution in [1.82, 2.24) is 9.62 Å². The third-order valence-corrected chi connectivity index (χ3v) is 8.47.